The Balaban J connectivity index is 2.13. The van der Waals surface area contributed by atoms with E-state index in [0.29, 0.717) is 17.4 Å². The maximum absolute atomic E-state index is 11.2. The molecule has 0 N–H and O–H groups in total. The Bertz CT molecular complexity index is 210. The molecule has 2 heteroatoms. The molecule has 68 valence electrons. The summed E-state index contributed by atoms with van der Waals surface area (Å²) in [5, 5.41) is 0. The highest BCUT2D eigenvalue weighted by Gasteiger charge is 2.41. The minimum atomic E-state index is 0.353. The Morgan fingerprint density at radius 1 is 1.50 bits per heavy atom. The van der Waals surface area contributed by atoms with Crippen molar-refractivity contribution in [2.75, 3.05) is 6.54 Å². The van der Waals surface area contributed by atoms with Crippen LogP contribution in [0.15, 0.2) is 0 Å². The van der Waals surface area contributed by atoms with Gasteiger partial charge in [0, 0.05) is 31.0 Å². The van der Waals surface area contributed by atoms with Crippen LogP contribution in [0, 0.1) is 0 Å². The molecule has 0 bridgehead atoms. The molecule has 2 aliphatic rings. The van der Waals surface area contributed by atoms with Gasteiger partial charge in [0.15, 0.2) is 0 Å². The smallest absolute Gasteiger partial charge is 0.135 e. The molecule has 2 heterocycles. The van der Waals surface area contributed by atoms with Crippen molar-refractivity contribution < 1.29 is 4.79 Å². The number of piperidine rings is 1. The Morgan fingerprint density at radius 2 is 2.25 bits per heavy atom. The van der Waals surface area contributed by atoms with Crippen LogP contribution >= 0.6 is 0 Å². The third-order valence-corrected chi connectivity index (χ3v) is 3.40. The van der Waals surface area contributed by atoms with Gasteiger partial charge in [-0.05, 0) is 26.7 Å². The summed E-state index contributed by atoms with van der Waals surface area (Å²) >= 11 is 0. The molecular formula is C10H17NO. The van der Waals surface area contributed by atoms with Crippen molar-refractivity contribution in [1.29, 1.82) is 0 Å². The molecule has 0 unspecified atom stereocenters. The average Bonchev–Trinajstić information content (AvgIpc) is 2.27. The lowest BCUT2D eigenvalue weighted by Crippen LogP contribution is -2.47. The van der Waals surface area contributed by atoms with Gasteiger partial charge in [-0.2, -0.15) is 0 Å². The van der Waals surface area contributed by atoms with Crippen LogP contribution in [0.4, 0.5) is 0 Å². The Morgan fingerprint density at radius 3 is 3.00 bits per heavy atom. The van der Waals surface area contributed by atoms with Crippen LogP contribution in [0.1, 0.15) is 39.5 Å². The lowest BCUT2D eigenvalue weighted by Gasteiger charge is -2.38. The van der Waals surface area contributed by atoms with Gasteiger partial charge in [0.1, 0.15) is 5.78 Å². The summed E-state index contributed by atoms with van der Waals surface area (Å²) < 4.78 is 0. The highest BCUT2D eigenvalue weighted by Crippen LogP contribution is 2.37. The molecular weight excluding hydrogens is 150 g/mol. The lowest BCUT2D eigenvalue weighted by molar-refractivity contribution is -0.123. The molecule has 0 radical (unpaired) electrons. The summed E-state index contributed by atoms with van der Waals surface area (Å²) in [5.41, 5.74) is 0.353. The van der Waals surface area contributed by atoms with Crippen LogP contribution in [0.5, 0.6) is 0 Å². The van der Waals surface area contributed by atoms with Crippen LogP contribution in [-0.4, -0.2) is 28.8 Å². The van der Waals surface area contributed by atoms with E-state index in [1.54, 1.807) is 0 Å². The predicted molar refractivity (Wildman–Crippen MR) is 48.0 cm³/mol. The fraction of sp³-hybridized carbons (Fsp3) is 0.900. The molecule has 0 spiro atoms. The van der Waals surface area contributed by atoms with Crippen molar-refractivity contribution in [1.82, 2.24) is 4.90 Å². The summed E-state index contributed by atoms with van der Waals surface area (Å²) in [5.74, 6) is 0.467. The van der Waals surface area contributed by atoms with Crippen LogP contribution in [0.25, 0.3) is 0 Å². The van der Waals surface area contributed by atoms with Crippen molar-refractivity contribution in [3.63, 3.8) is 0 Å². The van der Waals surface area contributed by atoms with E-state index in [-0.39, 0.29) is 0 Å². The highest BCUT2D eigenvalue weighted by atomic mass is 16.1. The second kappa shape index (κ2) is 2.56. The summed E-state index contributed by atoms with van der Waals surface area (Å²) in [6, 6.07) is 0.571. The lowest BCUT2D eigenvalue weighted by atomic mass is 10.0. The molecule has 0 amide bonds. The van der Waals surface area contributed by atoms with Gasteiger partial charge in [-0.25, -0.2) is 0 Å². The van der Waals surface area contributed by atoms with Gasteiger partial charge >= 0.3 is 0 Å². The summed E-state index contributed by atoms with van der Waals surface area (Å²) in [6.07, 6.45) is 4.06. The highest BCUT2D eigenvalue weighted by molar-refractivity contribution is 5.80. The summed E-state index contributed by atoms with van der Waals surface area (Å²) in [7, 11) is 0. The Labute approximate surface area is 73.9 Å². The van der Waals surface area contributed by atoms with E-state index >= 15 is 0 Å². The molecule has 2 saturated heterocycles. The van der Waals surface area contributed by atoms with Gasteiger partial charge < -0.3 is 0 Å². The number of fused-ring (bicyclic) bond motifs is 1. The minimum Gasteiger partial charge on any atom is -0.300 e. The van der Waals surface area contributed by atoms with Crippen LogP contribution in [0.3, 0.4) is 0 Å². The normalized spacial score (nSPS) is 35.2. The standard InChI is InChI=1S/C10H17NO/c1-10(2)5-3-8-7-9(12)4-6-11(8)10/h8H,3-7H2,1-2H3/t8-/m0/s1. The molecule has 0 saturated carbocycles. The molecule has 2 fully saturated rings. The van der Waals surface area contributed by atoms with Crippen LogP contribution in [-0.2, 0) is 4.79 Å². The molecule has 0 aromatic heterocycles. The zero-order valence-corrected chi connectivity index (χ0v) is 7.97. The fourth-order valence-electron chi connectivity index (χ4n) is 2.62. The molecule has 0 aromatic carbocycles. The fourth-order valence-corrected chi connectivity index (χ4v) is 2.62. The van der Waals surface area contributed by atoms with E-state index in [2.05, 4.69) is 18.7 Å². The summed E-state index contributed by atoms with van der Waals surface area (Å²) in [4.78, 5) is 13.7. The van der Waals surface area contributed by atoms with E-state index < -0.39 is 0 Å². The van der Waals surface area contributed by atoms with Crippen LogP contribution < -0.4 is 0 Å². The minimum absolute atomic E-state index is 0.353. The van der Waals surface area contributed by atoms with Crippen molar-refractivity contribution >= 4 is 5.78 Å². The van der Waals surface area contributed by atoms with Gasteiger partial charge in [0.25, 0.3) is 0 Å². The molecule has 12 heavy (non-hydrogen) atoms. The van der Waals surface area contributed by atoms with Crippen molar-refractivity contribution in [2.24, 2.45) is 0 Å². The second-order valence-electron chi connectivity index (χ2n) is 4.69. The van der Waals surface area contributed by atoms with E-state index in [1.165, 1.54) is 12.8 Å². The number of ketones is 1. The first-order valence-corrected chi connectivity index (χ1v) is 4.88. The molecule has 2 nitrogen and oxygen atoms in total. The Hall–Kier alpha value is -0.370. The van der Waals surface area contributed by atoms with Crippen molar-refractivity contribution in [3.8, 4) is 0 Å². The SMILES string of the molecule is CC1(C)CC[C@H]2CC(=O)CCN21. The molecule has 2 aliphatic heterocycles. The zero-order valence-electron chi connectivity index (χ0n) is 7.97. The number of rotatable bonds is 0. The predicted octanol–water partition coefficient (Wildman–Crippen LogP) is 1.59. The first-order valence-electron chi connectivity index (χ1n) is 4.88. The second-order valence-corrected chi connectivity index (χ2v) is 4.69. The van der Waals surface area contributed by atoms with E-state index in [1.807, 2.05) is 0 Å². The zero-order chi connectivity index (χ0) is 8.77. The van der Waals surface area contributed by atoms with Gasteiger partial charge in [0.05, 0.1) is 0 Å². The van der Waals surface area contributed by atoms with E-state index in [9.17, 15) is 4.79 Å². The number of hydrogen-bond donors (Lipinski definition) is 0. The van der Waals surface area contributed by atoms with Gasteiger partial charge in [-0.1, -0.05) is 0 Å². The summed E-state index contributed by atoms with van der Waals surface area (Å²) in [6.45, 7) is 5.59. The van der Waals surface area contributed by atoms with Crippen LogP contribution in [0.2, 0.25) is 0 Å². The first-order chi connectivity index (χ1) is 5.59. The number of nitrogens with zero attached hydrogens (tertiary/aromatic N) is 1. The van der Waals surface area contributed by atoms with Gasteiger partial charge in [-0.15, -0.1) is 0 Å². The Kier molecular flexibility index (Phi) is 1.76. The van der Waals surface area contributed by atoms with Crippen molar-refractivity contribution in [3.05, 3.63) is 0 Å². The number of hydrogen-bond acceptors (Lipinski definition) is 2. The van der Waals surface area contributed by atoms with E-state index in [0.717, 1.165) is 19.4 Å². The maximum atomic E-state index is 11.2. The maximum Gasteiger partial charge on any atom is 0.135 e. The van der Waals surface area contributed by atoms with E-state index in [4.69, 9.17) is 0 Å². The average molecular weight is 167 g/mol. The molecule has 2 rings (SSSR count). The molecule has 0 aliphatic carbocycles. The molecule has 0 aromatic rings. The third-order valence-electron chi connectivity index (χ3n) is 3.40. The topological polar surface area (TPSA) is 20.3 Å². The first kappa shape index (κ1) is 8.24. The van der Waals surface area contributed by atoms with Gasteiger partial charge in [0.2, 0.25) is 0 Å². The monoisotopic (exact) mass is 167 g/mol. The van der Waals surface area contributed by atoms with Gasteiger partial charge in [-0.3, -0.25) is 9.69 Å². The quantitative estimate of drug-likeness (QED) is 0.546. The molecule has 1 atom stereocenters. The third kappa shape index (κ3) is 1.18. The largest absolute Gasteiger partial charge is 0.300 e. The van der Waals surface area contributed by atoms with Crippen molar-refractivity contribution in [2.45, 2.75) is 51.1 Å². The number of carbonyl (C=O) groups excluding carboxylic acids is 1. The number of Topliss-reactive ketones (excluding diaryl/α,β-unsaturated/α-hetero) is 1. The number of carbonyl (C=O) groups is 1.